The highest BCUT2D eigenvalue weighted by molar-refractivity contribution is 7.89. The number of benzene rings is 2. The first kappa shape index (κ1) is 27.1. The summed E-state index contributed by atoms with van der Waals surface area (Å²) in [5, 5.41) is 7.01. The summed E-state index contributed by atoms with van der Waals surface area (Å²) in [5.74, 6) is 1.66. The number of rotatable bonds is 9. The number of amides is 1. The fraction of sp³-hybridized carbons (Fsp3) is 0.444. The molecule has 1 atom stereocenters. The third-order valence-corrected chi connectivity index (χ3v) is 9.08. The second-order valence-corrected chi connectivity index (χ2v) is 11.7. The summed E-state index contributed by atoms with van der Waals surface area (Å²) in [5.41, 5.74) is 1.17. The molecule has 1 amide bonds. The van der Waals surface area contributed by atoms with Crippen molar-refractivity contribution in [2.75, 3.05) is 45.7 Å². The van der Waals surface area contributed by atoms with E-state index < -0.39 is 10.0 Å². The van der Waals surface area contributed by atoms with Crippen LogP contribution in [-0.2, 0) is 21.4 Å². The zero-order valence-electron chi connectivity index (χ0n) is 22.1. The molecule has 208 valence electrons. The zero-order chi connectivity index (χ0) is 27.4. The summed E-state index contributed by atoms with van der Waals surface area (Å²) in [6, 6.07) is 12.0. The fourth-order valence-corrected chi connectivity index (χ4v) is 6.58. The molecule has 2 aliphatic heterocycles. The van der Waals surface area contributed by atoms with Crippen molar-refractivity contribution in [3.63, 3.8) is 0 Å². The number of methoxy groups -OCH3 is 2. The monoisotopic (exact) mass is 555 g/mol. The van der Waals surface area contributed by atoms with Gasteiger partial charge in [0.2, 0.25) is 27.6 Å². The van der Waals surface area contributed by atoms with E-state index in [9.17, 15) is 13.2 Å². The van der Waals surface area contributed by atoms with Gasteiger partial charge in [-0.3, -0.25) is 9.69 Å². The van der Waals surface area contributed by atoms with Gasteiger partial charge in [-0.1, -0.05) is 5.16 Å². The van der Waals surface area contributed by atoms with Crippen LogP contribution in [-0.4, -0.2) is 74.1 Å². The van der Waals surface area contributed by atoms with Gasteiger partial charge in [0.05, 0.1) is 37.3 Å². The van der Waals surface area contributed by atoms with Gasteiger partial charge in [0.1, 0.15) is 11.5 Å². The Morgan fingerprint density at radius 1 is 1.05 bits per heavy atom. The Hall–Kier alpha value is -3.48. The van der Waals surface area contributed by atoms with E-state index in [1.165, 1.54) is 23.5 Å². The molecule has 0 aliphatic carbocycles. The third kappa shape index (κ3) is 6.07. The van der Waals surface area contributed by atoms with Crippen molar-refractivity contribution in [1.82, 2.24) is 19.3 Å². The lowest BCUT2D eigenvalue weighted by atomic mass is 9.97. The fourth-order valence-electron chi connectivity index (χ4n) is 5.04. The van der Waals surface area contributed by atoms with Gasteiger partial charge in [0, 0.05) is 25.2 Å². The second kappa shape index (κ2) is 11.7. The van der Waals surface area contributed by atoms with Crippen molar-refractivity contribution in [3.8, 4) is 22.9 Å². The lowest BCUT2D eigenvalue weighted by Gasteiger charge is -2.31. The van der Waals surface area contributed by atoms with E-state index in [-0.39, 0.29) is 16.7 Å². The van der Waals surface area contributed by atoms with Crippen molar-refractivity contribution < 1.29 is 27.2 Å². The lowest BCUT2D eigenvalue weighted by Crippen LogP contribution is -2.40. The number of likely N-dealkylation sites (tertiary alicyclic amines) is 1. The van der Waals surface area contributed by atoms with Crippen LogP contribution < -0.4 is 14.8 Å². The molecule has 12 heteroatoms. The van der Waals surface area contributed by atoms with E-state index in [0.717, 1.165) is 43.5 Å². The highest BCUT2D eigenvalue weighted by atomic mass is 32.2. The third-order valence-electron chi connectivity index (χ3n) is 7.18. The maximum atomic E-state index is 13.3. The van der Waals surface area contributed by atoms with E-state index in [1.807, 2.05) is 24.3 Å². The van der Waals surface area contributed by atoms with Gasteiger partial charge in [-0.2, -0.15) is 9.29 Å². The Labute approximate surface area is 228 Å². The average molecular weight is 556 g/mol. The van der Waals surface area contributed by atoms with Crippen molar-refractivity contribution in [2.45, 2.75) is 37.1 Å². The minimum Gasteiger partial charge on any atom is -0.497 e. The number of nitrogens with one attached hydrogen (secondary N) is 1. The molecule has 39 heavy (non-hydrogen) atoms. The van der Waals surface area contributed by atoms with Crippen molar-refractivity contribution >= 4 is 21.6 Å². The zero-order valence-corrected chi connectivity index (χ0v) is 22.9. The van der Waals surface area contributed by atoms with Crippen LogP contribution in [0.4, 0.5) is 5.69 Å². The molecular formula is C27H33N5O6S. The van der Waals surface area contributed by atoms with Gasteiger partial charge in [-0.25, -0.2) is 8.42 Å². The van der Waals surface area contributed by atoms with Crippen LogP contribution in [0.15, 0.2) is 51.9 Å². The molecule has 2 fully saturated rings. The summed E-state index contributed by atoms with van der Waals surface area (Å²) >= 11 is 0. The molecule has 5 rings (SSSR count). The number of piperidine rings is 1. The number of carbonyl (C=O) groups excluding carboxylic acids is 1. The molecule has 1 aromatic heterocycles. The van der Waals surface area contributed by atoms with Crippen LogP contribution in [0.1, 0.15) is 31.6 Å². The first-order valence-corrected chi connectivity index (χ1v) is 14.5. The molecule has 11 nitrogen and oxygen atoms in total. The van der Waals surface area contributed by atoms with Gasteiger partial charge < -0.3 is 19.3 Å². The Balaban J connectivity index is 1.24. The van der Waals surface area contributed by atoms with Gasteiger partial charge >= 0.3 is 0 Å². The Morgan fingerprint density at radius 2 is 1.82 bits per heavy atom. The molecule has 2 aromatic carbocycles. The highest BCUT2D eigenvalue weighted by Gasteiger charge is 2.30. The minimum atomic E-state index is -3.62. The molecule has 2 saturated heterocycles. The molecule has 1 unspecified atom stereocenters. The first-order chi connectivity index (χ1) is 18.9. The van der Waals surface area contributed by atoms with Gasteiger partial charge in [-0.05, 0) is 74.7 Å². The topological polar surface area (TPSA) is 127 Å². The molecule has 3 heterocycles. The standard InChI is InChI=1S/C27H33N5O6S/c1-36-21-9-7-19(8-10-21)26-29-25(38-30-26)18-31-13-5-6-20(17-31)27(33)28-23-16-22(11-12-24(23)37-2)39(34,35)32-14-3-4-15-32/h7-12,16,20H,3-6,13-15,17-18H2,1-2H3,(H,28,33). The number of hydrogen-bond acceptors (Lipinski definition) is 9. The highest BCUT2D eigenvalue weighted by Crippen LogP contribution is 2.31. The van der Waals surface area contributed by atoms with E-state index in [4.69, 9.17) is 14.0 Å². The predicted molar refractivity (Wildman–Crippen MR) is 144 cm³/mol. The molecule has 3 aromatic rings. The van der Waals surface area contributed by atoms with E-state index in [1.54, 1.807) is 13.2 Å². The van der Waals surface area contributed by atoms with Crippen LogP contribution in [0.5, 0.6) is 11.5 Å². The average Bonchev–Trinajstić information content (AvgIpc) is 3.67. The molecule has 0 saturated carbocycles. The van der Waals surface area contributed by atoms with Crippen LogP contribution in [0, 0.1) is 5.92 Å². The number of carbonyl (C=O) groups is 1. The predicted octanol–water partition coefficient (Wildman–Crippen LogP) is 3.39. The second-order valence-electron chi connectivity index (χ2n) is 9.78. The molecule has 0 radical (unpaired) electrons. The lowest BCUT2D eigenvalue weighted by molar-refractivity contribution is -0.121. The summed E-state index contributed by atoms with van der Waals surface area (Å²) < 4.78 is 43.7. The molecule has 0 bridgehead atoms. The van der Waals surface area contributed by atoms with Crippen molar-refractivity contribution in [3.05, 3.63) is 48.4 Å². The number of sulfonamides is 1. The van der Waals surface area contributed by atoms with Crippen LogP contribution in [0.2, 0.25) is 0 Å². The smallest absolute Gasteiger partial charge is 0.243 e. The number of anilines is 1. The van der Waals surface area contributed by atoms with Gasteiger partial charge in [-0.15, -0.1) is 0 Å². The van der Waals surface area contributed by atoms with Crippen LogP contribution >= 0.6 is 0 Å². The van der Waals surface area contributed by atoms with Crippen molar-refractivity contribution in [2.24, 2.45) is 5.92 Å². The van der Waals surface area contributed by atoms with E-state index in [2.05, 4.69) is 20.4 Å². The van der Waals surface area contributed by atoms with Crippen molar-refractivity contribution in [1.29, 1.82) is 0 Å². The molecule has 0 spiro atoms. The van der Waals surface area contributed by atoms with Gasteiger partial charge in [0.25, 0.3) is 0 Å². The molecule has 1 N–H and O–H groups in total. The maximum Gasteiger partial charge on any atom is 0.243 e. The number of ether oxygens (including phenoxy) is 2. The van der Waals surface area contributed by atoms with Gasteiger partial charge in [0.15, 0.2) is 0 Å². The summed E-state index contributed by atoms with van der Waals surface area (Å²) in [6.45, 7) is 2.77. The summed E-state index contributed by atoms with van der Waals surface area (Å²) in [7, 11) is -0.518. The first-order valence-electron chi connectivity index (χ1n) is 13.1. The number of aromatic nitrogens is 2. The summed E-state index contributed by atoms with van der Waals surface area (Å²) in [4.78, 5) is 20.1. The summed E-state index contributed by atoms with van der Waals surface area (Å²) in [6.07, 6.45) is 3.25. The van der Waals surface area contributed by atoms with Crippen LogP contribution in [0.3, 0.4) is 0 Å². The Bertz CT molecular complexity index is 1400. The Kier molecular flexibility index (Phi) is 8.15. The van der Waals surface area contributed by atoms with Crippen LogP contribution in [0.25, 0.3) is 11.4 Å². The normalized spacial score (nSPS) is 18.7. The number of nitrogens with zero attached hydrogens (tertiary/aromatic N) is 4. The largest absolute Gasteiger partial charge is 0.497 e. The number of hydrogen-bond donors (Lipinski definition) is 1. The van der Waals surface area contributed by atoms with E-state index >= 15 is 0 Å². The quantitative estimate of drug-likeness (QED) is 0.423. The molecular weight excluding hydrogens is 522 g/mol. The minimum absolute atomic E-state index is 0.148. The SMILES string of the molecule is COc1ccc(-c2noc(CN3CCCC(C(=O)Nc4cc(S(=O)(=O)N5CCCC5)ccc4OC)C3)n2)cc1. The maximum absolute atomic E-state index is 13.3. The Morgan fingerprint density at radius 3 is 2.54 bits per heavy atom. The molecule has 2 aliphatic rings. The van der Waals surface area contributed by atoms with E-state index in [0.29, 0.717) is 49.3 Å².